The maximum atomic E-state index is 12.9. The minimum atomic E-state index is -0.340. The van der Waals surface area contributed by atoms with E-state index < -0.39 is 0 Å². The van der Waals surface area contributed by atoms with Gasteiger partial charge in [0.2, 0.25) is 5.88 Å². The highest BCUT2D eigenvalue weighted by atomic mass is 16.3. The van der Waals surface area contributed by atoms with E-state index in [9.17, 15) is 9.90 Å². The van der Waals surface area contributed by atoms with Crippen molar-refractivity contribution in [2.75, 3.05) is 0 Å². The molecule has 1 aromatic carbocycles. The molecule has 0 amide bonds. The molecule has 0 aliphatic rings. The molecule has 1 N–H and O–H groups in total. The van der Waals surface area contributed by atoms with E-state index in [2.05, 4.69) is 15.0 Å². The Morgan fingerprint density at radius 3 is 2.52 bits per heavy atom. The molecule has 4 rings (SSSR count). The molecule has 6 nitrogen and oxygen atoms in total. The smallest absolute Gasteiger partial charge is 0.267 e. The number of aryl methyl sites for hydroxylation is 1. The molecule has 4 aromatic rings. The highest BCUT2D eigenvalue weighted by Gasteiger charge is 2.16. The number of benzene rings is 1. The lowest BCUT2D eigenvalue weighted by atomic mass is 10.1. The zero-order valence-corrected chi connectivity index (χ0v) is 14.6. The Labute approximate surface area is 155 Å². The molecule has 3 heterocycles. The summed E-state index contributed by atoms with van der Waals surface area (Å²) in [6, 6.07) is 17.8. The molecule has 3 aromatic heterocycles. The molecule has 0 aliphatic heterocycles. The second-order valence-electron chi connectivity index (χ2n) is 6.01. The van der Waals surface area contributed by atoms with Gasteiger partial charge in [-0.25, -0.2) is 19.5 Å². The van der Waals surface area contributed by atoms with Crippen LogP contribution < -0.4 is 5.56 Å². The van der Waals surface area contributed by atoms with Gasteiger partial charge in [0, 0.05) is 28.9 Å². The molecule has 0 aliphatic carbocycles. The summed E-state index contributed by atoms with van der Waals surface area (Å²) in [5.74, 6) is 0.650. The van der Waals surface area contributed by atoms with Crippen molar-refractivity contribution in [2.45, 2.75) is 6.92 Å². The fourth-order valence-corrected chi connectivity index (χ4v) is 2.92. The molecule has 6 heteroatoms. The molecule has 0 saturated heterocycles. The maximum absolute atomic E-state index is 12.9. The van der Waals surface area contributed by atoms with Crippen LogP contribution in [-0.2, 0) is 0 Å². The van der Waals surface area contributed by atoms with Crippen molar-refractivity contribution < 1.29 is 5.11 Å². The van der Waals surface area contributed by atoms with E-state index in [1.807, 2.05) is 25.1 Å². The summed E-state index contributed by atoms with van der Waals surface area (Å²) >= 11 is 0. The molecule has 0 spiro atoms. The van der Waals surface area contributed by atoms with Gasteiger partial charge in [-0.1, -0.05) is 30.3 Å². The topological polar surface area (TPSA) is 80.4 Å². The van der Waals surface area contributed by atoms with Gasteiger partial charge in [-0.3, -0.25) is 4.79 Å². The summed E-state index contributed by atoms with van der Waals surface area (Å²) in [5, 5.41) is 12.0. The normalized spacial score (nSPS) is 11.3. The number of hydrogen-bond donors (Lipinski definition) is 1. The lowest BCUT2D eigenvalue weighted by Crippen LogP contribution is -2.20. The van der Waals surface area contributed by atoms with Crippen LogP contribution in [0, 0.1) is 6.92 Å². The molecule has 0 unspecified atom stereocenters. The molecule has 0 fully saturated rings. The molecular formula is C21H16N4O2. The first-order chi connectivity index (χ1) is 13.1. The molecule has 0 saturated carbocycles. The van der Waals surface area contributed by atoms with Crippen molar-refractivity contribution in [1.82, 2.24) is 14.5 Å². The third-order valence-electron chi connectivity index (χ3n) is 4.18. The highest BCUT2D eigenvalue weighted by Crippen LogP contribution is 2.25. The number of nitrogens with zero attached hydrogens (tertiary/aromatic N) is 4. The van der Waals surface area contributed by atoms with Crippen LogP contribution >= 0.6 is 0 Å². The second kappa shape index (κ2) is 6.84. The van der Waals surface area contributed by atoms with E-state index in [1.165, 1.54) is 10.8 Å². The number of aromatic nitrogens is 3. The summed E-state index contributed by atoms with van der Waals surface area (Å²) in [7, 11) is 0. The Bertz CT molecular complexity index is 1210. The standard InChI is InChI=1S/C21H16N4O2/c1-14-7-6-10-18(24-14)23-13-17-15-8-2-3-9-16(15)20(26)25(21(17)27)19-11-4-5-12-22-19/h2-13,27H,1H3/b23-13+. The molecule has 0 radical (unpaired) electrons. The Morgan fingerprint density at radius 1 is 1.00 bits per heavy atom. The first-order valence-electron chi connectivity index (χ1n) is 8.41. The van der Waals surface area contributed by atoms with Gasteiger partial charge in [-0.05, 0) is 37.3 Å². The van der Waals surface area contributed by atoms with Crippen LogP contribution in [0.15, 0.2) is 76.6 Å². The van der Waals surface area contributed by atoms with Crippen molar-refractivity contribution in [3.8, 4) is 11.7 Å². The zero-order chi connectivity index (χ0) is 18.8. The minimum Gasteiger partial charge on any atom is -0.494 e. The van der Waals surface area contributed by atoms with Crippen molar-refractivity contribution in [1.29, 1.82) is 0 Å². The molecule has 27 heavy (non-hydrogen) atoms. The number of rotatable bonds is 3. The Morgan fingerprint density at radius 2 is 1.78 bits per heavy atom. The predicted molar refractivity (Wildman–Crippen MR) is 105 cm³/mol. The van der Waals surface area contributed by atoms with E-state index in [1.54, 1.807) is 48.7 Å². The third-order valence-corrected chi connectivity index (χ3v) is 4.18. The summed E-state index contributed by atoms with van der Waals surface area (Å²) < 4.78 is 1.19. The first kappa shape index (κ1) is 16.7. The van der Waals surface area contributed by atoms with E-state index in [4.69, 9.17) is 0 Å². The highest BCUT2D eigenvalue weighted by molar-refractivity contribution is 6.02. The Balaban J connectivity index is 1.98. The maximum Gasteiger partial charge on any atom is 0.267 e. The van der Waals surface area contributed by atoms with Gasteiger partial charge in [0.25, 0.3) is 5.56 Å². The fourth-order valence-electron chi connectivity index (χ4n) is 2.92. The number of hydrogen-bond acceptors (Lipinski definition) is 5. The van der Waals surface area contributed by atoms with Gasteiger partial charge < -0.3 is 5.11 Å². The number of aromatic hydroxyl groups is 1. The Hall–Kier alpha value is -3.80. The molecule has 0 bridgehead atoms. The summed E-state index contributed by atoms with van der Waals surface area (Å²) in [6.07, 6.45) is 3.10. The monoisotopic (exact) mass is 356 g/mol. The number of aliphatic imine (C=N–C) groups is 1. The van der Waals surface area contributed by atoms with Crippen LogP contribution in [0.2, 0.25) is 0 Å². The zero-order valence-electron chi connectivity index (χ0n) is 14.6. The van der Waals surface area contributed by atoms with E-state index in [0.29, 0.717) is 28.0 Å². The largest absolute Gasteiger partial charge is 0.494 e. The van der Waals surface area contributed by atoms with Gasteiger partial charge in [0.05, 0.1) is 5.56 Å². The van der Waals surface area contributed by atoms with Crippen LogP contribution in [0.3, 0.4) is 0 Å². The van der Waals surface area contributed by atoms with E-state index in [0.717, 1.165) is 5.69 Å². The summed E-state index contributed by atoms with van der Waals surface area (Å²) in [4.78, 5) is 25.8. The van der Waals surface area contributed by atoms with Crippen LogP contribution in [0.25, 0.3) is 16.6 Å². The lowest BCUT2D eigenvalue weighted by Gasteiger charge is -2.12. The quantitative estimate of drug-likeness (QED) is 0.569. The SMILES string of the molecule is Cc1cccc(/N=C/c2c(O)n(-c3ccccn3)c(=O)c3ccccc23)n1. The van der Waals surface area contributed by atoms with Crippen LogP contribution in [0.4, 0.5) is 5.82 Å². The molecule has 0 atom stereocenters. The van der Waals surface area contributed by atoms with Gasteiger partial charge in [0.15, 0.2) is 5.82 Å². The molecular weight excluding hydrogens is 340 g/mol. The van der Waals surface area contributed by atoms with Crippen molar-refractivity contribution in [2.24, 2.45) is 4.99 Å². The van der Waals surface area contributed by atoms with Crippen LogP contribution in [0.1, 0.15) is 11.3 Å². The van der Waals surface area contributed by atoms with Crippen molar-refractivity contribution in [3.05, 3.63) is 88.5 Å². The average molecular weight is 356 g/mol. The number of fused-ring (bicyclic) bond motifs is 1. The van der Waals surface area contributed by atoms with Crippen molar-refractivity contribution >= 4 is 22.8 Å². The minimum absolute atomic E-state index is 0.214. The lowest BCUT2D eigenvalue weighted by molar-refractivity contribution is 0.435. The van der Waals surface area contributed by atoms with Gasteiger partial charge in [0.1, 0.15) is 5.82 Å². The van der Waals surface area contributed by atoms with Gasteiger partial charge >= 0.3 is 0 Å². The van der Waals surface area contributed by atoms with Gasteiger partial charge in [-0.2, -0.15) is 0 Å². The first-order valence-corrected chi connectivity index (χ1v) is 8.41. The van der Waals surface area contributed by atoms with Crippen molar-refractivity contribution in [3.63, 3.8) is 0 Å². The van der Waals surface area contributed by atoms with E-state index >= 15 is 0 Å². The number of pyridine rings is 3. The second-order valence-corrected chi connectivity index (χ2v) is 6.01. The summed E-state index contributed by atoms with van der Waals surface area (Å²) in [6.45, 7) is 1.88. The van der Waals surface area contributed by atoms with Crippen LogP contribution in [0.5, 0.6) is 5.88 Å². The van der Waals surface area contributed by atoms with E-state index in [-0.39, 0.29) is 11.4 Å². The Kier molecular flexibility index (Phi) is 4.22. The molecule has 132 valence electrons. The fraction of sp³-hybridized carbons (Fsp3) is 0.0476. The third kappa shape index (κ3) is 3.08. The summed E-state index contributed by atoms with van der Waals surface area (Å²) in [5.41, 5.74) is 0.934. The average Bonchev–Trinajstić information content (AvgIpc) is 2.69. The predicted octanol–water partition coefficient (Wildman–Crippen LogP) is 3.55. The van der Waals surface area contributed by atoms with Crippen LogP contribution in [-0.4, -0.2) is 25.9 Å². The van der Waals surface area contributed by atoms with Gasteiger partial charge in [-0.15, -0.1) is 0 Å².